The number of rotatable bonds is 1. The van der Waals surface area contributed by atoms with Crippen LogP contribution in [0.2, 0.25) is 0 Å². The lowest BCUT2D eigenvalue weighted by molar-refractivity contribution is -0.122. The molecule has 0 radical (unpaired) electrons. The lowest BCUT2D eigenvalue weighted by Gasteiger charge is -2.19. The number of imide groups is 1. The van der Waals surface area contributed by atoms with Gasteiger partial charge in [-0.3, -0.25) is 9.59 Å². The maximum Gasteiger partial charge on any atom is 0.238 e. The molecule has 1 saturated carbocycles. The summed E-state index contributed by atoms with van der Waals surface area (Å²) in [7, 11) is 0. The van der Waals surface area contributed by atoms with Gasteiger partial charge in [0.15, 0.2) is 0 Å². The van der Waals surface area contributed by atoms with E-state index in [2.05, 4.69) is 26.0 Å². The zero-order valence-electron chi connectivity index (χ0n) is 12.1. The van der Waals surface area contributed by atoms with E-state index in [9.17, 15) is 9.59 Å². The van der Waals surface area contributed by atoms with E-state index in [-0.39, 0.29) is 35.5 Å². The molecule has 106 valence electrons. The molecule has 0 N–H and O–H groups in total. The molecule has 4 rings (SSSR count). The van der Waals surface area contributed by atoms with E-state index in [0.29, 0.717) is 5.69 Å². The van der Waals surface area contributed by atoms with Crippen molar-refractivity contribution < 1.29 is 9.59 Å². The van der Waals surface area contributed by atoms with Crippen LogP contribution in [-0.2, 0) is 9.59 Å². The Morgan fingerprint density at radius 3 is 1.90 bits per heavy atom. The first-order valence-electron chi connectivity index (χ1n) is 7.39. The Morgan fingerprint density at radius 2 is 1.43 bits per heavy atom. The standard InChI is InChI=1S/C18H17NO2/c1-10(2)14-12-8-9-13(14)16-15(12)17(20)19(18(16)21)11-6-4-3-5-7-11/h3-9,12-13,15-16H,1-2H3/t12-,13-,15+,16+/m0/s1. The highest BCUT2D eigenvalue weighted by Crippen LogP contribution is 2.57. The molecule has 2 bridgehead atoms. The number of hydrogen-bond donors (Lipinski definition) is 0. The number of anilines is 1. The van der Waals surface area contributed by atoms with Crippen LogP contribution in [0.15, 0.2) is 53.6 Å². The van der Waals surface area contributed by atoms with Crippen LogP contribution in [0.5, 0.6) is 0 Å². The lowest BCUT2D eigenvalue weighted by Crippen LogP contribution is -2.33. The molecule has 1 aromatic rings. The van der Waals surface area contributed by atoms with Crippen LogP contribution >= 0.6 is 0 Å². The first-order chi connectivity index (χ1) is 10.1. The molecular formula is C18H17NO2. The average molecular weight is 279 g/mol. The molecular weight excluding hydrogens is 262 g/mol. The summed E-state index contributed by atoms with van der Waals surface area (Å²) >= 11 is 0. The van der Waals surface area contributed by atoms with Crippen LogP contribution in [0.4, 0.5) is 5.69 Å². The van der Waals surface area contributed by atoms with Gasteiger partial charge in [0.2, 0.25) is 11.8 Å². The molecule has 2 fully saturated rings. The summed E-state index contributed by atoms with van der Waals surface area (Å²) in [5.41, 5.74) is 3.23. The van der Waals surface area contributed by atoms with Gasteiger partial charge in [-0.05, 0) is 26.0 Å². The highest BCUT2D eigenvalue weighted by atomic mass is 16.2. The van der Waals surface area contributed by atoms with Gasteiger partial charge in [-0.1, -0.05) is 41.5 Å². The summed E-state index contributed by atoms with van der Waals surface area (Å²) in [6, 6.07) is 9.26. The predicted octanol–water partition coefficient (Wildman–Crippen LogP) is 2.94. The van der Waals surface area contributed by atoms with E-state index in [0.717, 1.165) is 0 Å². The fraction of sp³-hybridized carbons (Fsp3) is 0.333. The molecule has 3 heteroatoms. The second-order valence-corrected chi connectivity index (χ2v) is 6.29. The molecule has 0 unspecified atom stereocenters. The van der Waals surface area contributed by atoms with E-state index in [1.54, 1.807) is 0 Å². The third-order valence-corrected chi connectivity index (χ3v) is 5.01. The monoisotopic (exact) mass is 279 g/mol. The van der Waals surface area contributed by atoms with Crippen LogP contribution in [0.1, 0.15) is 13.8 Å². The molecule has 21 heavy (non-hydrogen) atoms. The fourth-order valence-corrected chi connectivity index (χ4v) is 4.26. The molecule has 3 aliphatic rings. The zero-order valence-corrected chi connectivity index (χ0v) is 12.1. The van der Waals surface area contributed by atoms with Gasteiger partial charge in [0.05, 0.1) is 17.5 Å². The van der Waals surface area contributed by atoms with Crippen LogP contribution in [0.3, 0.4) is 0 Å². The number of fused-ring (bicyclic) bond motifs is 5. The van der Waals surface area contributed by atoms with Crippen molar-refractivity contribution in [3.05, 3.63) is 53.6 Å². The Morgan fingerprint density at radius 1 is 0.905 bits per heavy atom. The quantitative estimate of drug-likeness (QED) is 0.585. The summed E-state index contributed by atoms with van der Waals surface area (Å²) in [6.45, 7) is 4.15. The van der Waals surface area contributed by atoms with Crippen molar-refractivity contribution >= 4 is 17.5 Å². The smallest absolute Gasteiger partial charge is 0.238 e. The molecule has 2 amide bonds. The number of carbonyl (C=O) groups is 2. The first kappa shape index (κ1) is 12.6. The number of hydrogen-bond acceptors (Lipinski definition) is 2. The molecule has 1 saturated heterocycles. The van der Waals surface area contributed by atoms with Gasteiger partial charge in [0, 0.05) is 11.8 Å². The highest BCUT2D eigenvalue weighted by Gasteiger charge is 2.61. The van der Waals surface area contributed by atoms with E-state index in [4.69, 9.17) is 0 Å². The fourth-order valence-electron chi connectivity index (χ4n) is 4.26. The molecule has 3 nitrogen and oxygen atoms in total. The van der Waals surface area contributed by atoms with Crippen molar-refractivity contribution in [1.29, 1.82) is 0 Å². The summed E-state index contributed by atoms with van der Waals surface area (Å²) < 4.78 is 0. The minimum atomic E-state index is -0.197. The maximum absolute atomic E-state index is 12.8. The molecule has 0 aromatic heterocycles. The van der Waals surface area contributed by atoms with Gasteiger partial charge in [-0.15, -0.1) is 0 Å². The van der Waals surface area contributed by atoms with Gasteiger partial charge in [0.25, 0.3) is 0 Å². The van der Waals surface area contributed by atoms with Crippen LogP contribution in [-0.4, -0.2) is 11.8 Å². The largest absolute Gasteiger partial charge is 0.274 e. The Kier molecular flexibility index (Phi) is 2.49. The van der Waals surface area contributed by atoms with E-state index >= 15 is 0 Å². The number of para-hydroxylation sites is 1. The third kappa shape index (κ3) is 1.49. The van der Waals surface area contributed by atoms with Crippen molar-refractivity contribution in [2.45, 2.75) is 13.8 Å². The Bertz CT molecular complexity index is 663. The Balaban J connectivity index is 1.79. The number of allylic oxidation sites excluding steroid dienone is 4. The van der Waals surface area contributed by atoms with Crippen molar-refractivity contribution in [1.82, 2.24) is 0 Å². The third-order valence-electron chi connectivity index (χ3n) is 5.01. The minimum Gasteiger partial charge on any atom is -0.274 e. The topological polar surface area (TPSA) is 37.4 Å². The molecule has 2 aliphatic carbocycles. The highest BCUT2D eigenvalue weighted by molar-refractivity contribution is 6.23. The van der Waals surface area contributed by atoms with Gasteiger partial charge < -0.3 is 0 Å². The van der Waals surface area contributed by atoms with Crippen LogP contribution in [0, 0.1) is 23.7 Å². The number of benzene rings is 1. The van der Waals surface area contributed by atoms with E-state index < -0.39 is 0 Å². The molecule has 0 spiro atoms. The number of nitrogens with zero attached hydrogens (tertiary/aromatic N) is 1. The Labute approximate surface area is 123 Å². The zero-order chi connectivity index (χ0) is 14.7. The minimum absolute atomic E-state index is 0.0354. The van der Waals surface area contributed by atoms with Crippen molar-refractivity contribution in [3.63, 3.8) is 0 Å². The SMILES string of the molecule is CC(C)=C1[C@@H]2C=C[C@@H]1[C@H]1C(=O)N(c3ccccc3)C(=O)[C@@H]12. The summed E-state index contributed by atoms with van der Waals surface area (Å²) in [5.74, 6) is -0.223. The second-order valence-electron chi connectivity index (χ2n) is 6.29. The first-order valence-corrected chi connectivity index (χ1v) is 7.39. The average Bonchev–Trinajstić information content (AvgIpc) is 3.10. The number of amides is 2. The van der Waals surface area contributed by atoms with Gasteiger partial charge >= 0.3 is 0 Å². The number of carbonyl (C=O) groups excluding carboxylic acids is 2. The summed E-state index contributed by atoms with van der Waals surface area (Å²) in [6.07, 6.45) is 4.24. The van der Waals surface area contributed by atoms with Crippen molar-refractivity contribution in [2.75, 3.05) is 4.90 Å². The molecule has 1 heterocycles. The molecule has 4 atom stereocenters. The van der Waals surface area contributed by atoms with Gasteiger partial charge in [-0.2, -0.15) is 0 Å². The second kappa shape index (κ2) is 4.17. The van der Waals surface area contributed by atoms with Crippen molar-refractivity contribution in [3.8, 4) is 0 Å². The van der Waals surface area contributed by atoms with E-state index in [1.807, 2.05) is 30.3 Å². The van der Waals surface area contributed by atoms with Crippen LogP contribution < -0.4 is 4.90 Å². The molecule has 1 aromatic carbocycles. The normalized spacial score (nSPS) is 33.0. The lowest BCUT2D eigenvalue weighted by atomic mass is 9.85. The van der Waals surface area contributed by atoms with E-state index in [1.165, 1.54) is 16.0 Å². The predicted molar refractivity (Wildman–Crippen MR) is 80.4 cm³/mol. The summed E-state index contributed by atoms with van der Waals surface area (Å²) in [4.78, 5) is 27.0. The Hall–Kier alpha value is -2.16. The van der Waals surface area contributed by atoms with Crippen LogP contribution in [0.25, 0.3) is 0 Å². The van der Waals surface area contributed by atoms with Crippen molar-refractivity contribution in [2.24, 2.45) is 23.7 Å². The molecule has 1 aliphatic heterocycles. The van der Waals surface area contributed by atoms with Gasteiger partial charge in [0.1, 0.15) is 0 Å². The maximum atomic E-state index is 12.8. The summed E-state index contributed by atoms with van der Waals surface area (Å²) in [5, 5.41) is 0. The van der Waals surface area contributed by atoms with Gasteiger partial charge in [-0.25, -0.2) is 4.90 Å².